The number of nitrogens with zero attached hydrogens (tertiary/aromatic N) is 4. The number of rotatable bonds is 3. The summed E-state index contributed by atoms with van der Waals surface area (Å²) in [5.41, 5.74) is 3.01. The Morgan fingerprint density at radius 1 is 1.29 bits per heavy atom. The molecule has 0 unspecified atom stereocenters. The molecule has 0 spiro atoms. The Labute approximate surface area is 142 Å². The van der Waals surface area contributed by atoms with Crippen LogP contribution in [0.15, 0.2) is 24.4 Å². The molecule has 6 nitrogen and oxygen atoms in total. The Kier molecular flexibility index (Phi) is 4.83. The van der Waals surface area contributed by atoms with Gasteiger partial charge < -0.3 is 10.2 Å². The van der Waals surface area contributed by atoms with Crippen molar-refractivity contribution in [3.63, 3.8) is 0 Å². The summed E-state index contributed by atoms with van der Waals surface area (Å²) in [7, 11) is 0. The second-order valence-corrected chi connectivity index (χ2v) is 6.69. The molecule has 6 heteroatoms. The molecule has 24 heavy (non-hydrogen) atoms. The molecule has 1 aliphatic heterocycles. The molecule has 2 aromatic heterocycles. The first kappa shape index (κ1) is 16.5. The van der Waals surface area contributed by atoms with Crippen molar-refractivity contribution in [2.24, 2.45) is 5.92 Å². The van der Waals surface area contributed by atoms with Crippen molar-refractivity contribution in [1.29, 1.82) is 0 Å². The fourth-order valence-corrected chi connectivity index (χ4v) is 3.01. The monoisotopic (exact) mass is 327 g/mol. The molecule has 2 amide bonds. The van der Waals surface area contributed by atoms with E-state index in [-0.39, 0.29) is 6.03 Å². The topological polar surface area (TPSA) is 63.1 Å². The molecule has 3 heterocycles. The van der Waals surface area contributed by atoms with Crippen LogP contribution in [-0.4, -0.2) is 38.8 Å². The molecule has 0 saturated carbocycles. The van der Waals surface area contributed by atoms with Crippen LogP contribution in [-0.2, 0) is 6.54 Å². The Bertz CT molecular complexity index is 699. The van der Waals surface area contributed by atoms with Gasteiger partial charge in [0.1, 0.15) is 0 Å². The van der Waals surface area contributed by atoms with E-state index in [2.05, 4.69) is 22.3 Å². The van der Waals surface area contributed by atoms with E-state index < -0.39 is 0 Å². The zero-order valence-electron chi connectivity index (χ0n) is 14.6. The van der Waals surface area contributed by atoms with E-state index in [0.29, 0.717) is 6.54 Å². The molecule has 1 aliphatic rings. The third kappa shape index (κ3) is 3.75. The molecule has 0 aliphatic carbocycles. The van der Waals surface area contributed by atoms with Gasteiger partial charge in [0.05, 0.1) is 5.69 Å². The molecule has 0 atom stereocenters. The number of hydrogen-bond donors (Lipinski definition) is 1. The van der Waals surface area contributed by atoms with Crippen LogP contribution in [0, 0.1) is 19.8 Å². The summed E-state index contributed by atoms with van der Waals surface area (Å²) in [6.45, 7) is 8.41. The van der Waals surface area contributed by atoms with E-state index in [1.165, 1.54) is 0 Å². The highest BCUT2D eigenvalue weighted by Crippen LogP contribution is 2.16. The number of carbonyl (C=O) groups is 1. The fraction of sp³-hybridized carbons (Fsp3) is 0.500. The van der Waals surface area contributed by atoms with Gasteiger partial charge in [-0.1, -0.05) is 13.0 Å². The Morgan fingerprint density at radius 3 is 2.62 bits per heavy atom. The van der Waals surface area contributed by atoms with Crippen molar-refractivity contribution >= 4 is 6.03 Å². The van der Waals surface area contributed by atoms with Gasteiger partial charge in [0.2, 0.25) is 0 Å². The molecule has 2 aromatic rings. The molecule has 1 fully saturated rings. The van der Waals surface area contributed by atoms with Crippen molar-refractivity contribution in [2.75, 3.05) is 13.1 Å². The number of nitrogens with one attached hydrogen (secondary N) is 1. The molecule has 0 radical (unpaired) electrons. The minimum Gasteiger partial charge on any atom is -0.334 e. The summed E-state index contributed by atoms with van der Waals surface area (Å²) in [6.07, 6.45) is 3.98. The molecule has 0 aromatic carbocycles. The lowest BCUT2D eigenvalue weighted by molar-refractivity contribution is 0.173. The maximum Gasteiger partial charge on any atom is 0.317 e. The van der Waals surface area contributed by atoms with E-state index >= 15 is 0 Å². The number of pyridine rings is 1. The van der Waals surface area contributed by atoms with Gasteiger partial charge >= 0.3 is 6.03 Å². The first-order valence-corrected chi connectivity index (χ1v) is 8.54. The number of piperidine rings is 1. The summed E-state index contributed by atoms with van der Waals surface area (Å²) in [6, 6.07) is 5.96. The van der Waals surface area contributed by atoms with Crippen LogP contribution < -0.4 is 5.32 Å². The van der Waals surface area contributed by atoms with Gasteiger partial charge in [0.15, 0.2) is 5.82 Å². The SMILES string of the molecule is Cc1cc(C)n(-c2ccc(CNC(=O)N3CCC(C)CC3)cn2)n1. The van der Waals surface area contributed by atoms with Gasteiger partial charge in [-0.2, -0.15) is 5.10 Å². The Morgan fingerprint density at radius 2 is 2.04 bits per heavy atom. The molecule has 1 saturated heterocycles. The standard InChI is InChI=1S/C18H25N5O/c1-13-6-8-22(9-7-13)18(24)20-12-16-4-5-17(19-11-16)23-15(3)10-14(2)21-23/h4-5,10-11,13H,6-9,12H2,1-3H3,(H,20,24). The van der Waals surface area contributed by atoms with Crippen LogP contribution in [0.25, 0.3) is 5.82 Å². The van der Waals surface area contributed by atoms with E-state index in [1.54, 1.807) is 6.20 Å². The molecular formula is C18H25N5O. The van der Waals surface area contributed by atoms with Crippen LogP contribution in [0.4, 0.5) is 4.79 Å². The summed E-state index contributed by atoms with van der Waals surface area (Å²) in [5, 5.41) is 7.41. The van der Waals surface area contributed by atoms with Crippen molar-refractivity contribution in [3.8, 4) is 5.82 Å². The molecule has 1 N–H and O–H groups in total. The maximum atomic E-state index is 12.2. The largest absolute Gasteiger partial charge is 0.334 e. The van der Waals surface area contributed by atoms with Crippen LogP contribution in [0.5, 0.6) is 0 Å². The Balaban J connectivity index is 1.56. The Hall–Kier alpha value is -2.37. The summed E-state index contributed by atoms with van der Waals surface area (Å²) >= 11 is 0. The van der Waals surface area contributed by atoms with Gasteiger partial charge in [-0.15, -0.1) is 0 Å². The van der Waals surface area contributed by atoms with E-state index in [9.17, 15) is 4.79 Å². The predicted molar refractivity (Wildman–Crippen MR) is 93.0 cm³/mol. The average molecular weight is 327 g/mol. The molecule has 3 rings (SSSR count). The van der Waals surface area contributed by atoms with Gasteiger partial charge in [0.25, 0.3) is 0 Å². The number of hydrogen-bond acceptors (Lipinski definition) is 3. The van der Waals surface area contributed by atoms with Crippen LogP contribution >= 0.6 is 0 Å². The number of aryl methyl sites for hydroxylation is 2. The highest BCUT2D eigenvalue weighted by Gasteiger charge is 2.19. The molecular weight excluding hydrogens is 302 g/mol. The highest BCUT2D eigenvalue weighted by molar-refractivity contribution is 5.74. The first-order valence-electron chi connectivity index (χ1n) is 8.54. The van der Waals surface area contributed by atoms with E-state index in [0.717, 1.165) is 54.6 Å². The summed E-state index contributed by atoms with van der Waals surface area (Å²) in [5.74, 6) is 1.51. The predicted octanol–water partition coefficient (Wildman–Crippen LogP) is 2.83. The van der Waals surface area contributed by atoms with Gasteiger partial charge in [-0.05, 0) is 50.3 Å². The van der Waals surface area contributed by atoms with Gasteiger partial charge in [-0.25, -0.2) is 14.5 Å². The maximum absolute atomic E-state index is 12.2. The zero-order chi connectivity index (χ0) is 17.1. The minimum atomic E-state index is 0.0181. The lowest BCUT2D eigenvalue weighted by atomic mass is 10.00. The number of urea groups is 1. The van der Waals surface area contributed by atoms with Crippen molar-refractivity contribution < 1.29 is 4.79 Å². The highest BCUT2D eigenvalue weighted by atomic mass is 16.2. The third-order valence-electron chi connectivity index (χ3n) is 4.55. The average Bonchev–Trinajstić information content (AvgIpc) is 2.92. The third-order valence-corrected chi connectivity index (χ3v) is 4.55. The van der Waals surface area contributed by atoms with Gasteiger partial charge in [0, 0.05) is 31.5 Å². The normalized spacial score (nSPS) is 15.5. The summed E-state index contributed by atoms with van der Waals surface area (Å²) < 4.78 is 1.83. The minimum absolute atomic E-state index is 0.0181. The van der Waals surface area contributed by atoms with Gasteiger partial charge in [-0.3, -0.25) is 0 Å². The molecule has 0 bridgehead atoms. The number of likely N-dealkylation sites (tertiary alicyclic amines) is 1. The van der Waals surface area contributed by atoms with E-state index in [1.807, 2.05) is 41.6 Å². The quantitative estimate of drug-likeness (QED) is 0.943. The van der Waals surface area contributed by atoms with Crippen molar-refractivity contribution in [2.45, 2.75) is 40.2 Å². The first-order chi connectivity index (χ1) is 11.5. The van der Waals surface area contributed by atoms with Crippen LogP contribution in [0.2, 0.25) is 0 Å². The van der Waals surface area contributed by atoms with E-state index in [4.69, 9.17) is 0 Å². The lowest BCUT2D eigenvalue weighted by Crippen LogP contribution is -2.43. The van der Waals surface area contributed by atoms with Crippen molar-refractivity contribution in [3.05, 3.63) is 41.3 Å². The molecule has 128 valence electrons. The van der Waals surface area contributed by atoms with Crippen molar-refractivity contribution in [1.82, 2.24) is 25.0 Å². The number of amides is 2. The summed E-state index contributed by atoms with van der Waals surface area (Å²) in [4.78, 5) is 18.6. The zero-order valence-corrected chi connectivity index (χ0v) is 14.6. The fourth-order valence-electron chi connectivity index (χ4n) is 3.01. The van der Waals surface area contributed by atoms with Crippen LogP contribution in [0.3, 0.4) is 0 Å². The second-order valence-electron chi connectivity index (χ2n) is 6.69. The smallest absolute Gasteiger partial charge is 0.317 e. The lowest BCUT2D eigenvalue weighted by Gasteiger charge is -2.30. The number of carbonyl (C=O) groups excluding carboxylic acids is 1. The van der Waals surface area contributed by atoms with Crippen LogP contribution in [0.1, 0.15) is 36.7 Å². The number of aromatic nitrogens is 3. The second kappa shape index (κ2) is 7.03.